The highest BCUT2D eigenvalue weighted by atomic mass is 16.5. The molecule has 0 saturated carbocycles. The minimum atomic E-state index is -0.611. The van der Waals surface area contributed by atoms with Crippen LogP contribution in [0.5, 0.6) is 11.5 Å². The van der Waals surface area contributed by atoms with Gasteiger partial charge in [-0.25, -0.2) is 0 Å². The number of anilines is 1. The van der Waals surface area contributed by atoms with E-state index < -0.39 is 5.92 Å². The number of carbonyl (C=O) groups is 1. The van der Waals surface area contributed by atoms with E-state index in [1.165, 1.54) is 0 Å². The van der Waals surface area contributed by atoms with Gasteiger partial charge >= 0.3 is 0 Å². The van der Waals surface area contributed by atoms with E-state index in [-0.39, 0.29) is 11.7 Å². The van der Waals surface area contributed by atoms with Gasteiger partial charge in [0.05, 0.1) is 19.6 Å². The summed E-state index contributed by atoms with van der Waals surface area (Å²) in [7, 11) is 1.61. The Morgan fingerprint density at radius 2 is 1.81 bits per heavy atom. The van der Waals surface area contributed by atoms with E-state index >= 15 is 0 Å². The molecule has 27 heavy (non-hydrogen) atoms. The number of methoxy groups -OCH3 is 1. The van der Waals surface area contributed by atoms with Crippen LogP contribution in [0.1, 0.15) is 24.2 Å². The molecule has 0 saturated heterocycles. The van der Waals surface area contributed by atoms with Gasteiger partial charge in [0.1, 0.15) is 11.5 Å². The topological polar surface area (TPSA) is 100 Å². The number of nitrogens with one attached hydrogen (secondary N) is 1. The Morgan fingerprint density at radius 3 is 2.41 bits per heavy atom. The summed E-state index contributed by atoms with van der Waals surface area (Å²) in [5.74, 6) is 0.944. The number of nitrogens with zero attached hydrogens (tertiary/aromatic N) is 4. The van der Waals surface area contributed by atoms with Crippen LogP contribution < -0.4 is 19.9 Å². The summed E-state index contributed by atoms with van der Waals surface area (Å²) in [6.45, 7) is 2.51. The molecule has 1 atom stereocenters. The van der Waals surface area contributed by atoms with Gasteiger partial charge in [0.2, 0.25) is 5.91 Å². The van der Waals surface area contributed by atoms with E-state index in [1.54, 1.807) is 31.4 Å². The maximum absolute atomic E-state index is 12.8. The molecule has 0 bridgehead atoms. The van der Waals surface area contributed by atoms with Crippen molar-refractivity contribution in [3.63, 3.8) is 0 Å². The first-order valence-corrected chi connectivity index (χ1v) is 8.55. The summed E-state index contributed by atoms with van der Waals surface area (Å²) < 4.78 is 10.6. The number of hydrogen-bond acceptors (Lipinski definition) is 6. The molecular formula is C19H20N5O3-. The van der Waals surface area contributed by atoms with Gasteiger partial charge in [-0.1, -0.05) is 12.1 Å². The van der Waals surface area contributed by atoms with Crippen molar-refractivity contribution in [2.24, 2.45) is 0 Å². The van der Waals surface area contributed by atoms with Gasteiger partial charge in [0, 0.05) is 11.5 Å². The second-order valence-corrected chi connectivity index (χ2v) is 5.79. The predicted octanol–water partition coefficient (Wildman–Crippen LogP) is 2.20. The zero-order valence-corrected chi connectivity index (χ0v) is 15.1. The third kappa shape index (κ3) is 4.81. The van der Waals surface area contributed by atoms with Gasteiger partial charge in [0.15, 0.2) is 0 Å². The fourth-order valence-electron chi connectivity index (χ4n) is 2.62. The molecule has 0 unspecified atom stereocenters. The number of carbonyl (C=O) groups excluding carboxylic acids is 1. The van der Waals surface area contributed by atoms with Crippen molar-refractivity contribution in [3.8, 4) is 11.5 Å². The van der Waals surface area contributed by atoms with Crippen molar-refractivity contribution in [1.82, 2.24) is 20.6 Å². The van der Waals surface area contributed by atoms with Crippen LogP contribution in [0.2, 0.25) is 0 Å². The number of benzene rings is 2. The molecule has 1 aromatic heterocycles. The average molecular weight is 366 g/mol. The van der Waals surface area contributed by atoms with Crippen molar-refractivity contribution in [1.29, 1.82) is 0 Å². The highest BCUT2D eigenvalue weighted by molar-refractivity contribution is 5.95. The lowest BCUT2D eigenvalue weighted by atomic mass is 9.97. The van der Waals surface area contributed by atoms with Crippen molar-refractivity contribution >= 4 is 11.6 Å². The lowest BCUT2D eigenvalue weighted by Crippen LogP contribution is -2.24. The van der Waals surface area contributed by atoms with Crippen LogP contribution in [0.25, 0.3) is 0 Å². The molecule has 8 heteroatoms. The lowest BCUT2D eigenvalue weighted by molar-refractivity contribution is -0.117. The zero-order chi connectivity index (χ0) is 19.1. The van der Waals surface area contributed by atoms with Gasteiger partial charge < -0.3 is 19.9 Å². The summed E-state index contributed by atoms with van der Waals surface area (Å²) in [5, 5.41) is 17.6. The second kappa shape index (κ2) is 8.79. The summed E-state index contributed by atoms with van der Waals surface area (Å²) in [4.78, 5) is 12.8. The first-order chi connectivity index (χ1) is 13.2. The third-order valence-corrected chi connectivity index (χ3v) is 3.99. The van der Waals surface area contributed by atoms with Crippen molar-refractivity contribution in [3.05, 3.63) is 59.9 Å². The van der Waals surface area contributed by atoms with E-state index in [1.807, 2.05) is 31.2 Å². The molecule has 0 fully saturated rings. The first-order valence-electron chi connectivity index (χ1n) is 8.55. The van der Waals surface area contributed by atoms with Crippen LogP contribution >= 0.6 is 0 Å². The molecule has 2 aromatic carbocycles. The summed E-state index contributed by atoms with van der Waals surface area (Å²) in [6.07, 6.45) is 0.417. The maximum atomic E-state index is 12.8. The van der Waals surface area contributed by atoms with Crippen LogP contribution in [-0.4, -0.2) is 35.1 Å². The minimum Gasteiger partial charge on any atom is -0.497 e. The average Bonchev–Trinajstić information content (AvgIpc) is 3.22. The van der Waals surface area contributed by atoms with Gasteiger partial charge in [-0.05, 0) is 55.3 Å². The van der Waals surface area contributed by atoms with E-state index in [2.05, 4.69) is 25.9 Å². The van der Waals surface area contributed by atoms with Gasteiger partial charge in [0.25, 0.3) is 0 Å². The molecule has 0 aliphatic carbocycles. The largest absolute Gasteiger partial charge is 0.497 e. The van der Waals surface area contributed by atoms with Crippen LogP contribution in [0, 0.1) is 0 Å². The molecule has 1 N–H and O–H groups in total. The number of amides is 1. The van der Waals surface area contributed by atoms with E-state index in [9.17, 15) is 4.79 Å². The fourth-order valence-corrected chi connectivity index (χ4v) is 2.62. The molecular weight excluding hydrogens is 346 g/mol. The van der Waals surface area contributed by atoms with Crippen molar-refractivity contribution in [2.45, 2.75) is 19.3 Å². The molecule has 3 aromatic rings. The van der Waals surface area contributed by atoms with Crippen molar-refractivity contribution in [2.75, 3.05) is 19.0 Å². The highest BCUT2D eigenvalue weighted by Crippen LogP contribution is 2.22. The molecule has 1 amide bonds. The monoisotopic (exact) mass is 366 g/mol. The standard InChI is InChI=1S/C19H21N5O3/c1-3-27-16-10-6-14(7-11-16)20-19(25)17(18-21-23-24-22-18)12-13-4-8-15(26-2)9-5-13/h4-11,17H,3,12H2,1-2H3,(H2,20,21,22,23,24,25)/p-1/t17-/m0/s1. The van der Waals surface area contributed by atoms with E-state index in [0.29, 0.717) is 18.7 Å². The number of ether oxygens (including phenoxy) is 2. The Kier molecular flexibility index (Phi) is 5.98. The molecule has 0 spiro atoms. The van der Waals surface area contributed by atoms with Gasteiger partial charge in [-0.3, -0.25) is 15.1 Å². The molecule has 0 radical (unpaired) electrons. The van der Waals surface area contributed by atoms with Crippen LogP contribution in [-0.2, 0) is 11.2 Å². The van der Waals surface area contributed by atoms with Crippen LogP contribution in [0.3, 0.4) is 0 Å². The second-order valence-electron chi connectivity index (χ2n) is 5.79. The molecule has 0 aliphatic rings. The minimum absolute atomic E-state index is 0.232. The van der Waals surface area contributed by atoms with E-state index in [4.69, 9.17) is 9.47 Å². The number of hydrogen-bond donors (Lipinski definition) is 1. The van der Waals surface area contributed by atoms with Crippen LogP contribution in [0.4, 0.5) is 5.69 Å². The number of rotatable bonds is 8. The Bertz CT molecular complexity index is 848. The quantitative estimate of drug-likeness (QED) is 0.652. The smallest absolute Gasteiger partial charge is 0.232 e. The Morgan fingerprint density at radius 1 is 1.11 bits per heavy atom. The lowest BCUT2D eigenvalue weighted by Gasteiger charge is -2.17. The molecule has 3 rings (SSSR count). The molecule has 140 valence electrons. The zero-order valence-electron chi connectivity index (χ0n) is 15.1. The fraction of sp³-hybridized carbons (Fsp3) is 0.263. The first kappa shape index (κ1) is 18.4. The van der Waals surface area contributed by atoms with Gasteiger partial charge in [-0.15, -0.1) is 0 Å². The normalized spacial score (nSPS) is 11.6. The molecule has 0 aliphatic heterocycles. The van der Waals surface area contributed by atoms with Gasteiger partial charge in [-0.2, -0.15) is 5.21 Å². The Hall–Kier alpha value is -3.42. The number of tetrazole rings is 1. The molecule has 8 nitrogen and oxygen atoms in total. The third-order valence-electron chi connectivity index (χ3n) is 3.99. The predicted molar refractivity (Wildman–Crippen MR) is 98.8 cm³/mol. The number of aromatic nitrogens is 4. The molecule has 1 heterocycles. The summed E-state index contributed by atoms with van der Waals surface area (Å²) in [5.41, 5.74) is 1.61. The summed E-state index contributed by atoms with van der Waals surface area (Å²) >= 11 is 0. The summed E-state index contributed by atoms with van der Waals surface area (Å²) in [6, 6.07) is 14.7. The maximum Gasteiger partial charge on any atom is 0.232 e. The Labute approximate surface area is 156 Å². The Balaban J connectivity index is 1.74. The van der Waals surface area contributed by atoms with E-state index in [0.717, 1.165) is 17.1 Å². The van der Waals surface area contributed by atoms with Crippen molar-refractivity contribution < 1.29 is 14.3 Å². The highest BCUT2D eigenvalue weighted by Gasteiger charge is 2.21. The SMILES string of the molecule is CCOc1ccc(NC(=O)[C@@H](Cc2ccc(OC)cc2)c2nnn[n-]2)cc1. The van der Waals surface area contributed by atoms with Crippen LogP contribution in [0.15, 0.2) is 48.5 Å².